The molecule has 3 aliphatic rings. The molecule has 0 aromatic carbocycles. The van der Waals surface area contributed by atoms with Gasteiger partial charge in [-0.2, -0.15) is 0 Å². The second kappa shape index (κ2) is 10.2. The van der Waals surface area contributed by atoms with Crippen molar-refractivity contribution in [1.82, 2.24) is 20.4 Å². The van der Waals surface area contributed by atoms with Gasteiger partial charge in [-0.1, -0.05) is 19.8 Å². The van der Waals surface area contributed by atoms with Gasteiger partial charge in [0, 0.05) is 38.6 Å². The number of amides is 4. The van der Waals surface area contributed by atoms with Gasteiger partial charge in [-0.15, -0.1) is 0 Å². The maximum Gasteiger partial charge on any atom is 0.234 e. The molecule has 8 nitrogen and oxygen atoms in total. The van der Waals surface area contributed by atoms with E-state index in [0.29, 0.717) is 13.1 Å². The first-order chi connectivity index (χ1) is 14.0. The molecule has 0 radical (unpaired) electrons. The fourth-order valence-electron chi connectivity index (χ4n) is 4.72. The third-order valence-electron chi connectivity index (χ3n) is 6.39. The molecule has 2 atom stereocenters. The monoisotopic (exact) mass is 406 g/mol. The lowest BCUT2D eigenvalue weighted by molar-refractivity contribution is -0.140. The third-order valence-corrected chi connectivity index (χ3v) is 6.39. The predicted octanol–water partition coefficient (Wildman–Crippen LogP) is 0.659. The molecule has 8 heteroatoms. The lowest BCUT2D eigenvalue weighted by Gasteiger charge is -2.32. The summed E-state index contributed by atoms with van der Waals surface area (Å²) in [6.45, 7) is 4.87. The number of hydrogen-bond acceptors (Lipinski definition) is 5. The number of likely N-dealkylation sites (tertiary alicyclic amines) is 2. The van der Waals surface area contributed by atoms with Crippen molar-refractivity contribution in [2.75, 3.05) is 32.7 Å². The Morgan fingerprint density at radius 3 is 2.17 bits per heavy atom. The maximum absolute atomic E-state index is 12.5. The minimum atomic E-state index is -0.154. The van der Waals surface area contributed by atoms with Gasteiger partial charge in [0.1, 0.15) is 0 Å². The van der Waals surface area contributed by atoms with Crippen LogP contribution in [0.15, 0.2) is 0 Å². The second-order valence-electron chi connectivity index (χ2n) is 8.54. The first kappa shape index (κ1) is 21.7. The Bertz CT molecular complexity index is 606. The first-order valence-electron chi connectivity index (χ1n) is 11.1. The normalized spacial score (nSPS) is 25.8. The zero-order valence-corrected chi connectivity index (χ0v) is 17.5. The number of piperidine rings is 1. The summed E-state index contributed by atoms with van der Waals surface area (Å²) < 4.78 is 0. The number of carbonyl (C=O) groups excluding carboxylic acids is 4. The van der Waals surface area contributed by atoms with Gasteiger partial charge in [0.25, 0.3) is 0 Å². The number of rotatable bonds is 8. The molecule has 2 saturated heterocycles. The molecule has 2 aliphatic heterocycles. The van der Waals surface area contributed by atoms with Gasteiger partial charge in [-0.3, -0.25) is 29.0 Å². The van der Waals surface area contributed by atoms with Gasteiger partial charge in [0.15, 0.2) is 0 Å². The van der Waals surface area contributed by atoms with Crippen LogP contribution in [0.5, 0.6) is 0 Å². The van der Waals surface area contributed by atoms with Crippen molar-refractivity contribution in [3.05, 3.63) is 0 Å². The number of imide groups is 1. The van der Waals surface area contributed by atoms with Crippen LogP contribution in [-0.4, -0.2) is 72.2 Å². The lowest BCUT2D eigenvalue weighted by Crippen LogP contribution is -2.47. The average Bonchev–Trinajstić information content (AvgIpc) is 2.97. The predicted molar refractivity (Wildman–Crippen MR) is 108 cm³/mol. The minimum Gasteiger partial charge on any atom is -0.355 e. The summed E-state index contributed by atoms with van der Waals surface area (Å²) in [7, 11) is 0. The second-order valence-corrected chi connectivity index (χ2v) is 8.54. The number of carbonyl (C=O) groups is 4. The van der Waals surface area contributed by atoms with Crippen LogP contribution in [-0.2, 0) is 19.2 Å². The zero-order chi connectivity index (χ0) is 20.8. The zero-order valence-electron chi connectivity index (χ0n) is 17.5. The molecule has 0 aromatic rings. The van der Waals surface area contributed by atoms with Crippen molar-refractivity contribution < 1.29 is 19.2 Å². The minimum absolute atomic E-state index is 0.0508. The SMILES string of the molecule is CCCNC(=O)CN1CCC(NC(=O)CCN2C(=O)C3CCCCC3C2=O)CC1. The highest BCUT2D eigenvalue weighted by molar-refractivity contribution is 6.05. The molecular formula is C21H34N4O4. The topological polar surface area (TPSA) is 98.8 Å². The van der Waals surface area contributed by atoms with Gasteiger partial charge in [-0.05, 0) is 32.1 Å². The van der Waals surface area contributed by atoms with Crippen molar-refractivity contribution >= 4 is 23.6 Å². The molecule has 1 aliphatic carbocycles. The van der Waals surface area contributed by atoms with E-state index in [1.807, 2.05) is 6.92 Å². The molecule has 4 amide bonds. The smallest absolute Gasteiger partial charge is 0.234 e. The molecule has 162 valence electrons. The van der Waals surface area contributed by atoms with Crippen molar-refractivity contribution in [3.63, 3.8) is 0 Å². The lowest BCUT2D eigenvalue weighted by atomic mass is 9.81. The van der Waals surface area contributed by atoms with E-state index in [9.17, 15) is 19.2 Å². The van der Waals surface area contributed by atoms with Crippen molar-refractivity contribution in [2.45, 2.75) is 64.3 Å². The summed E-state index contributed by atoms with van der Waals surface area (Å²) in [6.07, 6.45) is 6.31. The summed E-state index contributed by atoms with van der Waals surface area (Å²) in [4.78, 5) is 52.5. The van der Waals surface area contributed by atoms with Gasteiger partial charge in [0.2, 0.25) is 23.6 Å². The van der Waals surface area contributed by atoms with Crippen LogP contribution in [0.2, 0.25) is 0 Å². The summed E-state index contributed by atoms with van der Waals surface area (Å²) in [5.41, 5.74) is 0. The molecule has 3 fully saturated rings. The molecule has 1 saturated carbocycles. The fraction of sp³-hybridized carbons (Fsp3) is 0.810. The Labute approximate surface area is 172 Å². The Morgan fingerprint density at radius 1 is 0.966 bits per heavy atom. The van der Waals surface area contributed by atoms with Crippen LogP contribution in [0.4, 0.5) is 0 Å². The standard InChI is InChI=1S/C21H34N4O4/c1-2-10-22-19(27)14-24-11-7-15(8-12-24)23-18(26)9-13-25-20(28)16-5-3-4-6-17(16)21(25)29/h15-17H,2-14H2,1H3,(H,22,27)(H,23,26). The summed E-state index contributed by atoms with van der Waals surface area (Å²) in [6, 6.07) is 0.0880. The van der Waals surface area contributed by atoms with Crippen LogP contribution in [0.1, 0.15) is 58.3 Å². The summed E-state index contributed by atoms with van der Waals surface area (Å²) in [5, 5.41) is 5.91. The van der Waals surface area contributed by atoms with E-state index < -0.39 is 0 Å². The quantitative estimate of drug-likeness (QED) is 0.577. The van der Waals surface area contributed by atoms with Gasteiger partial charge >= 0.3 is 0 Å². The van der Waals surface area contributed by atoms with Crippen molar-refractivity contribution in [3.8, 4) is 0 Å². The molecule has 0 spiro atoms. The molecule has 2 unspecified atom stereocenters. The van der Waals surface area contributed by atoms with Crippen LogP contribution >= 0.6 is 0 Å². The third kappa shape index (κ3) is 5.56. The molecule has 2 heterocycles. The van der Waals surface area contributed by atoms with Crippen LogP contribution in [0.3, 0.4) is 0 Å². The first-order valence-corrected chi connectivity index (χ1v) is 11.1. The molecule has 3 rings (SSSR count). The van der Waals surface area contributed by atoms with E-state index >= 15 is 0 Å². The highest BCUT2D eigenvalue weighted by Crippen LogP contribution is 2.37. The van der Waals surface area contributed by atoms with E-state index in [2.05, 4.69) is 15.5 Å². The highest BCUT2D eigenvalue weighted by Gasteiger charge is 2.47. The van der Waals surface area contributed by atoms with Crippen molar-refractivity contribution in [2.24, 2.45) is 11.8 Å². The Morgan fingerprint density at radius 2 is 1.59 bits per heavy atom. The van der Waals surface area contributed by atoms with Gasteiger partial charge in [0.05, 0.1) is 18.4 Å². The van der Waals surface area contributed by atoms with E-state index in [1.54, 1.807) is 0 Å². The molecular weight excluding hydrogens is 372 g/mol. The largest absolute Gasteiger partial charge is 0.355 e. The average molecular weight is 407 g/mol. The van der Waals surface area contributed by atoms with E-state index in [4.69, 9.17) is 0 Å². The van der Waals surface area contributed by atoms with Crippen LogP contribution in [0.25, 0.3) is 0 Å². The molecule has 29 heavy (non-hydrogen) atoms. The Hall–Kier alpha value is -1.96. The highest BCUT2D eigenvalue weighted by atomic mass is 16.2. The number of fused-ring (bicyclic) bond motifs is 1. The Balaban J connectivity index is 1.36. The summed E-state index contributed by atoms with van der Waals surface area (Å²) in [5.74, 6) is -0.532. The van der Waals surface area contributed by atoms with Crippen LogP contribution < -0.4 is 10.6 Å². The van der Waals surface area contributed by atoms with E-state index in [-0.39, 0.29) is 54.5 Å². The van der Waals surface area contributed by atoms with E-state index in [1.165, 1.54) is 4.90 Å². The number of nitrogens with one attached hydrogen (secondary N) is 2. The molecule has 2 N–H and O–H groups in total. The number of hydrogen-bond donors (Lipinski definition) is 2. The van der Waals surface area contributed by atoms with Gasteiger partial charge < -0.3 is 10.6 Å². The summed E-state index contributed by atoms with van der Waals surface area (Å²) >= 11 is 0. The number of nitrogens with zero attached hydrogens (tertiary/aromatic N) is 2. The van der Waals surface area contributed by atoms with E-state index in [0.717, 1.165) is 58.0 Å². The van der Waals surface area contributed by atoms with Crippen molar-refractivity contribution in [1.29, 1.82) is 0 Å². The maximum atomic E-state index is 12.5. The Kier molecular flexibility index (Phi) is 7.64. The van der Waals surface area contributed by atoms with Crippen LogP contribution in [0, 0.1) is 11.8 Å². The molecule has 0 aromatic heterocycles. The fourth-order valence-corrected chi connectivity index (χ4v) is 4.72. The van der Waals surface area contributed by atoms with Gasteiger partial charge in [-0.25, -0.2) is 0 Å². The molecule has 0 bridgehead atoms.